The van der Waals surface area contributed by atoms with Crippen molar-refractivity contribution >= 4 is 11.7 Å². The monoisotopic (exact) mass is 220 g/mol. The van der Waals surface area contributed by atoms with Crippen molar-refractivity contribution in [2.24, 2.45) is 0 Å². The van der Waals surface area contributed by atoms with Crippen LogP contribution in [0.15, 0.2) is 30.3 Å². The van der Waals surface area contributed by atoms with Crippen LogP contribution in [0.2, 0.25) is 0 Å². The molecule has 1 saturated heterocycles. The number of likely N-dealkylation sites (tertiary alicyclic amines) is 1. The SMILES string of the molecule is O=C(O)C[N+]1(c2ccccc2)CCCCC1. The minimum Gasteiger partial charge on any atom is -0.477 e. The molecule has 1 aromatic rings. The molecule has 3 nitrogen and oxygen atoms in total. The second kappa shape index (κ2) is 4.66. The van der Waals surface area contributed by atoms with E-state index in [4.69, 9.17) is 5.11 Å². The average Bonchev–Trinajstić information content (AvgIpc) is 2.30. The summed E-state index contributed by atoms with van der Waals surface area (Å²) in [7, 11) is 0. The van der Waals surface area contributed by atoms with Gasteiger partial charge in [0.2, 0.25) is 0 Å². The van der Waals surface area contributed by atoms with E-state index in [-0.39, 0.29) is 6.54 Å². The molecule has 0 aliphatic carbocycles. The van der Waals surface area contributed by atoms with E-state index < -0.39 is 5.97 Å². The van der Waals surface area contributed by atoms with Gasteiger partial charge in [0.15, 0.2) is 6.54 Å². The maximum Gasteiger partial charge on any atom is 0.359 e. The number of benzene rings is 1. The van der Waals surface area contributed by atoms with E-state index in [1.807, 2.05) is 30.3 Å². The Kier molecular flexibility index (Phi) is 3.25. The highest BCUT2D eigenvalue weighted by molar-refractivity contribution is 5.72. The molecule has 1 N–H and O–H groups in total. The number of carboxylic acid groups (broad SMARTS) is 1. The highest BCUT2D eigenvalue weighted by Crippen LogP contribution is 2.27. The molecule has 0 amide bonds. The molecule has 0 spiro atoms. The van der Waals surface area contributed by atoms with E-state index in [9.17, 15) is 4.79 Å². The maximum absolute atomic E-state index is 11.0. The first-order chi connectivity index (χ1) is 7.73. The van der Waals surface area contributed by atoms with Gasteiger partial charge in [0.1, 0.15) is 5.69 Å². The molecule has 1 fully saturated rings. The number of carboxylic acids is 1. The lowest BCUT2D eigenvalue weighted by Gasteiger charge is -2.39. The zero-order valence-electron chi connectivity index (χ0n) is 9.43. The Balaban J connectivity index is 2.29. The predicted octanol–water partition coefficient (Wildman–Crippen LogP) is 2.26. The van der Waals surface area contributed by atoms with Crippen molar-refractivity contribution in [2.75, 3.05) is 19.6 Å². The zero-order chi connectivity index (χ0) is 11.4. The molecule has 1 aliphatic rings. The van der Waals surface area contributed by atoms with Crippen molar-refractivity contribution in [1.29, 1.82) is 0 Å². The van der Waals surface area contributed by atoms with Crippen molar-refractivity contribution in [1.82, 2.24) is 4.48 Å². The van der Waals surface area contributed by atoms with Crippen molar-refractivity contribution in [3.05, 3.63) is 30.3 Å². The van der Waals surface area contributed by atoms with Crippen LogP contribution in [0.1, 0.15) is 19.3 Å². The molecular formula is C13H18NO2+. The Morgan fingerprint density at radius 2 is 1.75 bits per heavy atom. The summed E-state index contributed by atoms with van der Waals surface area (Å²) >= 11 is 0. The van der Waals surface area contributed by atoms with Gasteiger partial charge < -0.3 is 5.11 Å². The van der Waals surface area contributed by atoms with E-state index in [0.717, 1.165) is 31.6 Å². The number of aliphatic carboxylic acids is 1. The molecule has 3 heteroatoms. The van der Waals surface area contributed by atoms with E-state index >= 15 is 0 Å². The minimum atomic E-state index is -0.703. The fourth-order valence-electron chi connectivity index (χ4n) is 2.63. The predicted molar refractivity (Wildman–Crippen MR) is 64.3 cm³/mol. The molecule has 1 aliphatic heterocycles. The van der Waals surface area contributed by atoms with Gasteiger partial charge >= 0.3 is 5.97 Å². The van der Waals surface area contributed by atoms with Gasteiger partial charge in [-0.2, -0.15) is 0 Å². The standard InChI is InChI=1S/C13H17NO2/c15-13(16)11-14(9-5-2-6-10-14)12-7-3-1-4-8-12/h1,3-4,7-8H,2,5-6,9-11H2/p+1. The molecule has 1 aromatic carbocycles. The zero-order valence-corrected chi connectivity index (χ0v) is 9.43. The highest BCUT2D eigenvalue weighted by atomic mass is 16.4. The lowest BCUT2D eigenvalue weighted by atomic mass is 10.1. The minimum absolute atomic E-state index is 0.212. The van der Waals surface area contributed by atoms with Crippen molar-refractivity contribution in [2.45, 2.75) is 19.3 Å². The molecular weight excluding hydrogens is 202 g/mol. The van der Waals surface area contributed by atoms with Crippen LogP contribution >= 0.6 is 0 Å². The first kappa shape index (κ1) is 11.1. The Morgan fingerprint density at radius 3 is 2.31 bits per heavy atom. The Hall–Kier alpha value is -1.35. The van der Waals surface area contributed by atoms with Crippen LogP contribution in [-0.2, 0) is 4.79 Å². The Bertz CT molecular complexity index is 355. The first-order valence-corrected chi connectivity index (χ1v) is 5.86. The van der Waals surface area contributed by atoms with Gasteiger partial charge in [0, 0.05) is 0 Å². The molecule has 86 valence electrons. The fraction of sp³-hybridized carbons (Fsp3) is 0.462. The quantitative estimate of drug-likeness (QED) is 0.793. The van der Waals surface area contributed by atoms with E-state index in [0.29, 0.717) is 4.48 Å². The maximum atomic E-state index is 11.0. The van der Waals surface area contributed by atoms with Gasteiger partial charge in [0.05, 0.1) is 13.1 Å². The van der Waals surface area contributed by atoms with Gasteiger partial charge in [-0.1, -0.05) is 18.2 Å². The molecule has 0 aromatic heterocycles. The van der Waals surface area contributed by atoms with Crippen LogP contribution < -0.4 is 4.48 Å². The van der Waals surface area contributed by atoms with Gasteiger partial charge in [-0.3, -0.25) is 4.48 Å². The molecule has 2 rings (SSSR count). The van der Waals surface area contributed by atoms with Crippen molar-refractivity contribution < 1.29 is 9.90 Å². The summed E-state index contributed by atoms with van der Waals surface area (Å²) in [4.78, 5) is 11.0. The van der Waals surface area contributed by atoms with Crippen LogP contribution in [0.25, 0.3) is 0 Å². The molecule has 0 atom stereocenters. The van der Waals surface area contributed by atoms with Crippen LogP contribution in [0, 0.1) is 0 Å². The normalized spacial score (nSPS) is 19.2. The van der Waals surface area contributed by atoms with Gasteiger partial charge in [-0.15, -0.1) is 0 Å². The Morgan fingerprint density at radius 1 is 1.12 bits per heavy atom. The number of hydrogen-bond donors (Lipinski definition) is 1. The number of nitrogens with zero attached hydrogens (tertiary/aromatic N) is 1. The number of piperidine rings is 1. The summed E-state index contributed by atoms with van der Waals surface area (Å²) in [5, 5.41) is 9.08. The number of para-hydroxylation sites is 1. The molecule has 0 bridgehead atoms. The second-order valence-electron chi connectivity index (χ2n) is 4.54. The summed E-state index contributed by atoms with van der Waals surface area (Å²) < 4.78 is 0.621. The van der Waals surface area contributed by atoms with E-state index in [1.54, 1.807) is 0 Å². The summed E-state index contributed by atoms with van der Waals surface area (Å²) in [6.45, 7) is 2.12. The average molecular weight is 220 g/mol. The van der Waals surface area contributed by atoms with Gasteiger partial charge in [-0.05, 0) is 31.4 Å². The highest BCUT2D eigenvalue weighted by Gasteiger charge is 2.34. The van der Waals surface area contributed by atoms with Crippen LogP contribution in [0.5, 0.6) is 0 Å². The molecule has 16 heavy (non-hydrogen) atoms. The lowest BCUT2D eigenvalue weighted by molar-refractivity contribution is -0.138. The number of carbonyl (C=O) groups is 1. The third-order valence-electron chi connectivity index (χ3n) is 3.41. The van der Waals surface area contributed by atoms with E-state index in [1.165, 1.54) is 6.42 Å². The Labute approximate surface area is 95.9 Å². The summed E-state index contributed by atoms with van der Waals surface area (Å²) in [6, 6.07) is 10.1. The molecule has 1 heterocycles. The third-order valence-corrected chi connectivity index (χ3v) is 3.41. The van der Waals surface area contributed by atoms with Crippen LogP contribution in [0.4, 0.5) is 5.69 Å². The lowest BCUT2D eigenvalue weighted by Crippen LogP contribution is -2.55. The van der Waals surface area contributed by atoms with Crippen molar-refractivity contribution in [3.63, 3.8) is 0 Å². The molecule has 0 unspecified atom stereocenters. The largest absolute Gasteiger partial charge is 0.477 e. The van der Waals surface area contributed by atoms with E-state index in [2.05, 4.69) is 0 Å². The van der Waals surface area contributed by atoms with Crippen LogP contribution in [-0.4, -0.2) is 30.7 Å². The molecule has 0 radical (unpaired) electrons. The van der Waals surface area contributed by atoms with Crippen LogP contribution in [0.3, 0.4) is 0 Å². The summed E-state index contributed by atoms with van der Waals surface area (Å²) in [6.07, 6.45) is 3.48. The summed E-state index contributed by atoms with van der Waals surface area (Å²) in [5.74, 6) is -0.703. The van der Waals surface area contributed by atoms with Gasteiger partial charge in [0.25, 0.3) is 0 Å². The molecule has 0 saturated carbocycles. The fourth-order valence-corrected chi connectivity index (χ4v) is 2.63. The van der Waals surface area contributed by atoms with Crippen molar-refractivity contribution in [3.8, 4) is 0 Å². The second-order valence-corrected chi connectivity index (χ2v) is 4.54. The smallest absolute Gasteiger partial charge is 0.359 e. The first-order valence-electron chi connectivity index (χ1n) is 5.86. The topological polar surface area (TPSA) is 37.3 Å². The third kappa shape index (κ3) is 2.25. The number of rotatable bonds is 3. The number of quaternary nitrogens is 1. The van der Waals surface area contributed by atoms with Gasteiger partial charge in [-0.25, -0.2) is 4.79 Å². The summed E-state index contributed by atoms with van der Waals surface area (Å²) in [5.41, 5.74) is 1.14. The number of hydrogen-bond acceptors (Lipinski definition) is 1.